The summed E-state index contributed by atoms with van der Waals surface area (Å²) in [6.45, 7) is 1.61. The molecule has 1 aromatic rings. The molecule has 0 spiro atoms. The molecule has 1 aliphatic carbocycles. The molecule has 9 heteroatoms. The molecule has 1 atom stereocenters. The third-order valence-corrected chi connectivity index (χ3v) is 4.43. The Hall–Kier alpha value is -2.52. The first-order valence-electron chi connectivity index (χ1n) is 9.37. The number of carbonyl (C=O) groups is 2. The van der Waals surface area contributed by atoms with Crippen LogP contribution in [-0.2, 0) is 9.53 Å². The Morgan fingerprint density at radius 3 is 2.29 bits per heavy atom. The Morgan fingerprint density at radius 1 is 1.25 bits per heavy atom. The van der Waals surface area contributed by atoms with Gasteiger partial charge in [-0.2, -0.15) is 0 Å². The minimum Gasteiger partial charge on any atom is -0.480 e. The fourth-order valence-electron chi connectivity index (χ4n) is 2.87. The van der Waals surface area contributed by atoms with E-state index in [-0.39, 0.29) is 11.7 Å². The van der Waals surface area contributed by atoms with Crippen molar-refractivity contribution in [1.29, 1.82) is 0 Å². The standard InChI is InChI=1S/C17H24N2O4.C2H4O3/c1-2-14(18-15-6-4-3-5-7-15)12-23-17(20)13-8-10-16(11-9-13)19(21)22;3-1-2(4)5/h8-11,14-15,18H,2-7,12H2,1H3;3H,1H2,(H,4,5). The number of aliphatic carboxylic acids is 1. The van der Waals surface area contributed by atoms with Crippen molar-refractivity contribution in [1.82, 2.24) is 5.32 Å². The first kappa shape index (κ1) is 23.5. The van der Waals surface area contributed by atoms with Gasteiger partial charge in [-0.05, 0) is 31.4 Å². The van der Waals surface area contributed by atoms with E-state index in [9.17, 15) is 14.9 Å². The van der Waals surface area contributed by atoms with Gasteiger partial charge in [-0.3, -0.25) is 10.1 Å². The highest BCUT2D eigenvalue weighted by Gasteiger charge is 2.18. The van der Waals surface area contributed by atoms with Gasteiger partial charge in [0.25, 0.3) is 5.69 Å². The SMILES string of the molecule is CCC(COC(=O)c1ccc([N+](=O)[O-])cc1)NC1CCCCC1.O=C(O)CO. The number of esters is 1. The third-order valence-electron chi connectivity index (χ3n) is 4.43. The summed E-state index contributed by atoms with van der Waals surface area (Å²) < 4.78 is 5.35. The van der Waals surface area contributed by atoms with Gasteiger partial charge in [-0.15, -0.1) is 0 Å². The largest absolute Gasteiger partial charge is 0.480 e. The summed E-state index contributed by atoms with van der Waals surface area (Å²) in [4.78, 5) is 31.3. The van der Waals surface area contributed by atoms with Crippen molar-refractivity contribution in [2.45, 2.75) is 57.5 Å². The van der Waals surface area contributed by atoms with E-state index in [4.69, 9.17) is 19.7 Å². The highest BCUT2D eigenvalue weighted by atomic mass is 16.6. The van der Waals surface area contributed by atoms with Crippen LogP contribution in [0.5, 0.6) is 0 Å². The summed E-state index contributed by atoms with van der Waals surface area (Å²) in [5.41, 5.74) is 0.301. The second kappa shape index (κ2) is 12.8. The van der Waals surface area contributed by atoms with E-state index < -0.39 is 23.5 Å². The molecule has 156 valence electrons. The molecule has 1 unspecified atom stereocenters. The molecule has 0 heterocycles. The molecule has 0 amide bonds. The lowest BCUT2D eigenvalue weighted by Gasteiger charge is -2.27. The van der Waals surface area contributed by atoms with E-state index in [0.717, 1.165) is 6.42 Å². The second-order valence-corrected chi connectivity index (χ2v) is 6.56. The second-order valence-electron chi connectivity index (χ2n) is 6.56. The number of ether oxygens (including phenoxy) is 1. The molecule has 1 aliphatic rings. The number of carboxylic acid groups (broad SMARTS) is 1. The number of carboxylic acids is 1. The van der Waals surface area contributed by atoms with E-state index in [1.54, 1.807) is 0 Å². The molecular formula is C19H28N2O7. The molecule has 3 N–H and O–H groups in total. The van der Waals surface area contributed by atoms with Crippen molar-refractivity contribution >= 4 is 17.6 Å². The van der Waals surface area contributed by atoms with E-state index >= 15 is 0 Å². The Balaban J connectivity index is 0.000000696. The smallest absolute Gasteiger partial charge is 0.338 e. The Morgan fingerprint density at radius 2 is 1.82 bits per heavy atom. The van der Waals surface area contributed by atoms with E-state index in [0.29, 0.717) is 18.2 Å². The first-order chi connectivity index (χ1) is 13.4. The van der Waals surface area contributed by atoms with Crippen molar-refractivity contribution in [2.75, 3.05) is 13.2 Å². The lowest BCUT2D eigenvalue weighted by Crippen LogP contribution is -2.42. The number of hydrogen-bond donors (Lipinski definition) is 3. The number of nitro groups is 1. The number of nitrogens with zero attached hydrogens (tertiary/aromatic N) is 1. The highest BCUT2D eigenvalue weighted by molar-refractivity contribution is 5.89. The van der Waals surface area contributed by atoms with Gasteiger partial charge >= 0.3 is 11.9 Å². The summed E-state index contributed by atoms with van der Waals surface area (Å²) >= 11 is 0. The van der Waals surface area contributed by atoms with Crippen LogP contribution in [0, 0.1) is 10.1 Å². The molecule has 0 bridgehead atoms. The van der Waals surface area contributed by atoms with Crippen LogP contribution in [0.4, 0.5) is 5.69 Å². The molecule has 0 radical (unpaired) electrons. The molecule has 1 fully saturated rings. The van der Waals surface area contributed by atoms with Crippen LogP contribution in [0.1, 0.15) is 55.8 Å². The molecule has 1 saturated carbocycles. The van der Waals surface area contributed by atoms with Crippen molar-refractivity contribution in [2.24, 2.45) is 0 Å². The third kappa shape index (κ3) is 8.92. The number of benzene rings is 1. The van der Waals surface area contributed by atoms with Gasteiger partial charge in [-0.25, -0.2) is 9.59 Å². The molecule has 28 heavy (non-hydrogen) atoms. The number of hydrogen-bond acceptors (Lipinski definition) is 7. The van der Waals surface area contributed by atoms with E-state index in [1.165, 1.54) is 56.4 Å². The molecule has 9 nitrogen and oxygen atoms in total. The van der Waals surface area contributed by atoms with Crippen LogP contribution in [0.3, 0.4) is 0 Å². The average molecular weight is 396 g/mol. The monoisotopic (exact) mass is 396 g/mol. The van der Waals surface area contributed by atoms with Crippen molar-refractivity contribution in [3.63, 3.8) is 0 Å². The fraction of sp³-hybridized carbons (Fsp3) is 0.579. The number of aliphatic hydroxyl groups excluding tert-OH is 1. The van der Waals surface area contributed by atoms with Gasteiger partial charge in [0, 0.05) is 24.2 Å². The molecule has 2 rings (SSSR count). The lowest BCUT2D eigenvalue weighted by molar-refractivity contribution is -0.384. The van der Waals surface area contributed by atoms with Gasteiger partial charge in [0.2, 0.25) is 0 Å². The summed E-state index contributed by atoms with van der Waals surface area (Å²) in [5.74, 6) is -1.63. The zero-order valence-electron chi connectivity index (χ0n) is 16.0. The summed E-state index contributed by atoms with van der Waals surface area (Å²) in [7, 11) is 0. The Kier molecular flexibility index (Phi) is 10.7. The predicted octanol–water partition coefficient (Wildman–Crippen LogP) is 2.52. The number of carbonyl (C=O) groups excluding carboxylic acids is 1. The zero-order valence-corrected chi connectivity index (χ0v) is 16.0. The summed E-state index contributed by atoms with van der Waals surface area (Å²) in [5, 5.41) is 29.2. The first-order valence-corrected chi connectivity index (χ1v) is 9.37. The van der Waals surface area contributed by atoms with Crippen LogP contribution in [0.2, 0.25) is 0 Å². The number of non-ortho nitro benzene ring substituents is 1. The molecule has 0 aromatic heterocycles. The van der Waals surface area contributed by atoms with Gasteiger partial charge in [0.1, 0.15) is 13.2 Å². The van der Waals surface area contributed by atoms with Gasteiger partial charge in [0.05, 0.1) is 10.5 Å². The number of aliphatic hydroxyl groups is 1. The minimum absolute atomic E-state index is 0.0352. The normalized spacial score (nSPS) is 15.1. The topological polar surface area (TPSA) is 139 Å². The maximum absolute atomic E-state index is 12.0. The maximum Gasteiger partial charge on any atom is 0.338 e. The number of nitrogens with one attached hydrogen (secondary N) is 1. The van der Waals surface area contributed by atoms with Crippen LogP contribution < -0.4 is 5.32 Å². The molecule has 0 aliphatic heterocycles. The van der Waals surface area contributed by atoms with Gasteiger partial charge < -0.3 is 20.3 Å². The summed E-state index contributed by atoms with van der Waals surface area (Å²) in [6, 6.07) is 6.15. The summed E-state index contributed by atoms with van der Waals surface area (Å²) in [6.07, 6.45) is 7.10. The fourth-order valence-corrected chi connectivity index (χ4v) is 2.87. The van der Waals surface area contributed by atoms with Crippen molar-refractivity contribution in [3.8, 4) is 0 Å². The molecule has 1 aromatic carbocycles. The Labute approximate surface area is 163 Å². The van der Waals surface area contributed by atoms with Crippen molar-refractivity contribution in [3.05, 3.63) is 39.9 Å². The van der Waals surface area contributed by atoms with Crippen molar-refractivity contribution < 1.29 is 29.5 Å². The number of nitro benzene ring substituents is 1. The Bertz CT molecular complexity index is 628. The molecule has 0 saturated heterocycles. The van der Waals surface area contributed by atoms with E-state index in [2.05, 4.69) is 12.2 Å². The quantitative estimate of drug-likeness (QED) is 0.346. The average Bonchev–Trinajstić information content (AvgIpc) is 2.72. The van der Waals surface area contributed by atoms with Gasteiger partial charge in [-0.1, -0.05) is 26.2 Å². The van der Waals surface area contributed by atoms with Gasteiger partial charge in [0.15, 0.2) is 0 Å². The highest BCUT2D eigenvalue weighted by Crippen LogP contribution is 2.18. The number of rotatable bonds is 8. The zero-order chi connectivity index (χ0) is 20.9. The maximum atomic E-state index is 12.0. The van der Waals surface area contributed by atoms with Crippen LogP contribution in [0.25, 0.3) is 0 Å². The minimum atomic E-state index is -1.19. The predicted molar refractivity (Wildman–Crippen MR) is 102 cm³/mol. The lowest BCUT2D eigenvalue weighted by atomic mass is 9.95. The van der Waals surface area contributed by atoms with Crippen LogP contribution >= 0.6 is 0 Å². The van der Waals surface area contributed by atoms with Crippen LogP contribution in [0.15, 0.2) is 24.3 Å². The van der Waals surface area contributed by atoms with Crippen LogP contribution in [-0.4, -0.2) is 52.4 Å². The molecular weight excluding hydrogens is 368 g/mol. The van der Waals surface area contributed by atoms with E-state index in [1.807, 2.05) is 0 Å².